The van der Waals surface area contributed by atoms with Crippen LogP contribution >= 0.6 is 0 Å². The largest absolute Gasteiger partial charge is 0.354 e. The molecule has 1 aliphatic heterocycles. The Labute approximate surface area is 115 Å². The fourth-order valence-corrected chi connectivity index (χ4v) is 2.46. The molecule has 110 valence electrons. The first kappa shape index (κ1) is 16.0. The SMILES string of the molecule is CCCNC(=O)C(C)NC(=O)C1(CC)CCNCC1. The van der Waals surface area contributed by atoms with Crippen LogP contribution in [0.25, 0.3) is 0 Å². The van der Waals surface area contributed by atoms with E-state index in [1.165, 1.54) is 0 Å². The van der Waals surface area contributed by atoms with E-state index in [0.717, 1.165) is 38.8 Å². The van der Waals surface area contributed by atoms with Gasteiger partial charge in [0.05, 0.1) is 5.41 Å². The predicted octanol–water partition coefficient (Wildman–Crippen LogP) is 0.797. The molecule has 0 aliphatic carbocycles. The summed E-state index contributed by atoms with van der Waals surface area (Å²) in [7, 11) is 0. The molecule has 0 aromatic rings. The van der Waals surface area contributed by atoms with E-state index >= 15 is 0 Å². The second-order valence-electron chi connectivity index (χ2n) is 5.37. The molecule has 3 N–H and O–H groups in total. The molecule has 1 fully saturated rings. The summed E-state index contributed by atoms with van der Waals surface area (Å²) in [6.07, 6.45) is 3.41. The minimum absolute atomic E-state index is 0.0237. The highest BCUT2D eigenvalue weighted by Gasteiger charge is 2.38. The average molecular weight is 269 g/mol. The van der Waals surface area contributed by atoms with Crippen molar-refractivity contribution in [3.8, 4) is 0 Å². The van der Waals surface area contributed by atoms with Gasteiger partial charge < -0.3 is 16.0 Å². The first-order chi connectivity index (χ1) is 9.05. The molecule has 0 aromatic carbocycles. The number of nitrogens with one attached hydrogen (secondary N) is 3. The van der Waals surface area contributed by atoms with Crippen LogP contribution in [0.15, 0.2) is 0 Å². The fraction of sp³-hybridized carbons (Fsp3) is 0.857. The molecule has 2 amide bonds. The molecule has 1 heterocycles. The quantitative estimate of drug-likeness (QED) is 0.668. The fourth-order valence-electron chi connectivity index (χ4n) is 2.46. The summed E-state index contributed by atoms with van der Waals surface area (Å²) in [6.45, 7) is 8.20. The summed E-state index contributed by atoms with van der Waals surface area (Å²) >= 11 is 0. The minimum Gasteiger partial charge on any atom is -0.354 e. The summed E-state index contributed by atoms with van der Waals surface area (Å²) in [6, 6.07) is -0.461. The Kier molecular flexibility index (Phi) is 6.28. The van der Waals surface area contributed by atoms with Crippen molar-refractivity contribution in [2.75, 3.05) is 19.6 Å². The average Bonchev–Trinajstić information content (AvgIpc) is 2.45. The Morgan fingerprint density at radius 3 is 2.42 bits per heavy atom. The van der Waals surface area contributed by atoms with Gasteiger partial charge in [-0.05, 0) is 45.7 Å². The van der Waals surface area contributed by atoms with Gasteiger partial charge in [-0.1, -0.05) is 13.8 Å². The van der Waals surface area contributed by atoms with Gasteiger partial charge >= 0.3 is 0 Å². The molecule has 5 nitrogen and oxygen atoms in total. The van der Waals surface area contributed by atoms with Crippen molar-refractivity contribution in [1.82, 2.24) is 16.0 Å². The van der Waals surface area contributed by atoms with Crippen LogP contribution in [0.2, 0.25) is 0 Å². The second-order valence-corrected chi connectivity index (χ2v) is 5.37. The molecule has 5 heteroatoms. The summed E-state index contributed by atoms with van der Waals surface area (Å²) in [5.41, 5.74) is -0.301. The van der Waals surface area contributed by atoms with E-state index in [-0.39, 0.29) is 17.2 Å². The van der Waals surface area contributed by atoms with Crippen molar-refractivity contribution in [3.05, 3.63) is 0 Å². The van der Waals surface area contributed by atoms with Gasteiger partial charge in [-0.3, -0.25) is 9.59 Å². The number of hydrogen-bond donors (Lipinski definition) is 3. The van der Waals surface area contributed by atoms with E-state index in [4.69, 9.17) is 0 Å². The van der Waals surface area contributed by atoms with Crippen LogP contribution in [0, 0.1) is 5.41 Å². The van der Waals surface area contributed by atoms with Crippen molar-refractivity contribution in [3.63, 3.8) is 0 Å². The Balaban J connectivity index is 2.54. The van der Waals surface area contributed by atoms with E-state index in [9.17, 15) is 9.59 Å². The molecule has 19 heavy (non-hydrogen) atoms. The topological polar surface area (TPSA) is 70.2 Å². The van der Waals surface area contributed by atoms with Crippen molar-refractivity contribution in [2.45, 2.75) is 52.5 Å². The first-order valence-corrected chi connectivity index (χ1v) is 7.35. The Morgan fingerprint density at radius 1 is 1.26 bits per heavy atom. The zero-order chi connectivity index (χ0) is 14.3. The molecule has 1 atom stereocenters. The molecule has 0 bridgehead atoms. The summed E-state index contributed by atoms with van der Waals surface area (Å²) < 4.78 is 0. The maximum Gasteiger partial charge on any atom is 0.242 e. The van der Waals surface area contributed by atoms with Gasteiger partial charge in [-0.15, -0.1) is 0 Å². The first-order valence-electron chi connectivity index (χ1n) is 7.35. The van der Waals surface area contributed by atoms with Gasteiger partial charge in [-0.2, -0.15) is 0 Å². The van der Waals surface area contributed by atoms with Gasteiger partial charge in [0, 0.05) is 6.54 Å². The third-order valence-corrected chi connectivity index (χ3v) is 4.01. The van der Waals surface area contributed by atoms with Crippen molar-refractivity contribution < 1.29 is 9.59 Å². The summed E-state index contributed by atoms with van der Waals surface area (Å²) in [4.78, 5) is 24.2. The molecule has 1 saturated heterocycles. The third kappa shape index (κ3) is 4.20. The minimum atomic E-state index is -0.461. The number of piperidine rings is 1. The maximum atomic E-state index is 12.4. The number of hydrogen-bond acceptors (Lipinski definition) is 3. The van der Waals surface area contributed by atoms with E-state index in [1.54, 1.807) is 6.92 Å². The lowest BCUT2D eigenvalue weighted by molar-refractivity contribution is -0.136. The standard InChI is InChI=1S/C14H27N3O2/c1-4-8-16-12(18)11(3)17-13(19)14(5-2)6-9-15-10-7-14/h11,15H,4-10H2,1-3H3,(H,16,18)(H,17,19). The van der Waals surface area contributed by atoms with E-state index in [2.05, 4.69) is 16.0 Å². The molecular weight excluding hydrogens is 242 g/mol. The second kappa shape index (κ2) is 7.48. The van der Waals surface area contributed by atoms with E-state index in [1.807, 2.05) is 13.8 Å². The molecule has 0 aromatic heterocycles. The van der Waals surface area contributed by atoms with E-state index in [0.29, 0.717) is 6.54 Å². The lowest BCUT2D eigenvalue weighted by atomic mass is 9.75. The van der Waals surface area contributed by atoms with Crippen molar-refractivity contribution >= 4 is 11.8 Å². The number of rotatable bonds is 6. The van der Waals surface area contributed by atoms with Gasteiger partial charge in [0.25, 0.3) is 0 Å². The molecule has 1 rings (SSSR count). The molecule has 0 radical (unpaired) electrons. The Morgan fingerprint density at radius 2 is 1.89 bits per heavy atom. The molecule has 1 aliphatic rings. The smallest absolute Gasteiger partial charge is 0.242 e. The summed E-state index contributed by atoms with van der Waals surface area (Å²) in [5, 5.41) is 8.95. The number of carbonyl (C=O) groups excluding carboxylic acids is 2. The monoisotopic (exact) mass is 269 g/mol. The lowest BCUT2D eigenvalue weighted by Gasteiger charge is -2.36. The van der Waals surface area contributed by atoms with Crippen molar-refractivity contribution in [2.24, 2.45) is 5.41 Å². The van der Waals surface area contributed by atoms with Crippen LogP contribution in [0.5, 0.6) is 0 Å². The molecule has 0 spiro atoms. The van der Waals surface area contributed by atoms with E-state index < -0.39 is 6.04 Å². The third-order valence-electron chi connectivity index (χ3n) is 4.01. The lowest BCUT2D eigenvalue weighted by Crippen LogP contribution is -2.53. The molecule has 0 saturated carbocycles. The zero-order valence-electron chi connectivity index (χ0n) is 12.3. The van der Waals surface area contributed by atoms with Crippen LogP contribution in [0.1, 0.15) is 46.5 Å². The Hall–Kier alpha value is -1.10. The summed E-state index contributed by atoms with van der Waals surface area (Å²) in [5.74, 6) is -0.0777. The van der Waals surface area contributed by atoms with Crippen LogP contribution in [0.3, 0.4) is 0 Å². The van der Waals surface area contributed by atoms with Crippen LogP contribution < -0.4 is 16.0 Å². The highest BCUT2D eigenvalue weighted by Crippen LogP contribution is 2.32. The maximum absolute atomic E-state index is 12.4. The highest BCUT2D eigenvalue weighted by molar-refractivity contribution is 5.89. The Bertz CT molecular complexity index is 312. The predicted molar refractivity (Wildman–Crippen MR) is 75.7 cm³/mol. The normalized spacial score (nSPS) is 19.5. The van der Waals surface area contributed by atoms with Crippen LogP contribution in [0.4, 0.5) is 0 Å². The molecular formula is C14H27N3O2. The number of amides is 2. The van der Waals surface area contributed by atoms with Crippen LogP contribution in [-0.2, 0) is 9.59 Å². The van der Waals surface area contributed by atoms with Gasteiger partial charge in [-0.25, -0.2) is 0 Å². The highest BCUT2D eigenvalue weighted by atomic mass is 16.2. The van der Waals surface area contributed by atoms with Gasteiger partial charge in [0.15, 0.2) is 0 Å². The van der Waals surface area contributed by atoms with Gasteiger partial charge in [0.1, 0.15) is 6.04 Å². The van der Waals surface area contributed by atoms with Gasteiger partial charge in [0.2, 0.25) is 11.8 Å². The number of carbonyl (C=O) groups is 2. The van der Waals surface area contributed by atoms with Crippen molar-refractivity contribution in [1.29, 1.82) is 0 Å². The molecule has 1 unspecified atom stereocenters. The van der Waals surface area contributed by atoms with Crippen LogP contribution in [-0.4, -0.2) is 37.5 Å². The zero-order valence-corrected chi connectivity index (χ0v) is 12.3.